The second kappa shape index (κ2) is 10.5. The first-order chi connectivity index (χ1) is 16.9. The summed E-state index contributed by atoms with van der Waals surface area (Å²) in [5.41, 5.74) is 2.84. The summed E-state index contributed by atoms with van der Waals surface area (Å²) in [6.45, 7) is 1.93. The van der Waals surface area contributed by atoms with Gasteiger partial charge in [0.25, 0.3) is 11.8 Å². The van der Waals surface area contributed by atoms with Crippen LogP contribution in [0, 0.1) is 6.92 Å². The zero-order valence-corrected chi connectivity index (χ0v) is 19.0. The van der Waals surface area contributed by atoms with E-state index in [0.29, 0.717) is 22.6 Å². The number of aryl methyl sites for hydroxylation is 1. The minimum absolute atomic E-state index is 0.0414. The van der Waals surface area contributed by atoms with Crippen LogP contribution in [-0.2, 0) is 4.79 Å². The molecule has 0 aliphatic heterocycles. The molecule has 1 unspecified atom stereocenters. The molecule has 3 aromatic carbocycles. The normalized spacial score (nSPS) is 11.5. The Morgan fingerprint density at radius 2 is 1.51 bits per heavy atom. The molecule has 0 fully saturated rings. The fraction of sp³-hybridized carbons (Fsp3) is 0.111. The van der Waals surface area contributed by atoms with Gasteiger partial charge in [-0.3, -0.25) is 14.4 Å². The number of para-hydroxylation sites is 1. The second-order valence-electron chi connectivity index (χ2n) is 8.02. The van der Waals surface area contributed by atoms with Crippen LogP contribution in [-0.4, -0.2) is 32.7 Å². The molecule has 35 heavy (non-hydrogen) atoms. The van der Waals surface area contributed by atoms with Crippen LogP contribution in [0.15, 0.2) is 91.0 Å². The number of benzene rings is 3. The predicted octanol–water partition coefficient (Wildman–Crippen LogP) is 4.38. The van der Waals surface area contributed by atoms with Crippen molar-refractivity contribution < 1.29 is 19.5 Å². The molecule has 1 aromatic heterocycles. The van der Waals surface area contributed by atoms with Gasteiger partial charge in [0, 0.05) is 11.6 Å². The minimum Gasteiger partial charge on any atom is -0.481 e. The Hall–Kier alpha value is -4.72. The SMILES string of the molecule is Cc1ccc(C(CC(=O)O)NC(=O)c2cc(NC(=O)c3ccccc3)n(-c3ccccc3)n2)cc1. The molecule has 8 heteroatoms. The van der Waals surface area contributed by atoms with Gasteiger partial charge in [-0.25, -0.2) is 4.68 Å². The molecule has 1 atom stereocenters. The number of carbonyl (C=O) groups excluding carboxylic acids is 2. The van der Waals surface area contributed by atoms with Gasteiger partial charge in [0.2, 0.25) is 0 Å². The molecular formula is C27H24N4O4. The quantitative estimate of drug-likeness (QED) is 0.355. The fourth-order valence-corrected chi connectivity index (χ4v) is 3.58. The molecule has 0 bridgehead atoms. The number of carboxylic acids is 1. The lowest BCUT2D eigenvalue weighted by Crippen LogP contribution is -2.30. The number of carbonyl (C=O) groups is 3. The summed E-state index contributed by atoms with van der Waals surface area (Å²) in [7, 11) is 0. The van der Waals surface area contributed by atoms with Crippen molar-refractivity contribution in [2.75, 3.05) is 5.32 Å². The smallest absolute Gasteiger partial charge is 0.305 e. The zero-order chi connectivity index (χ0) is 24.8. The molecule has 3 N–H and O–H groups in total. The van der Waals surface area contributed by atoms with E-state index in [-0.39, 0.29) is 18.0 Å². The third kappa shape index (κ3) is 5.80. The molecule has 0 spiro atoms. The highest BCUT2D eigenvalue weighted by molar-refractivity contribution is 6.04. The van der Waals surface area contributed by atoms with Crippen molar-refractivity contribution in [1.29, 1.82) is 0 Å². The topological polar surface area (TPSA) is 113 Å². The lowest BCUT2D eigenvalue weighted by atomic mass is 10.0. The minimum atomic E-state index is -1.04. The van der Waals surface area contributed by atoms with Crippen LogP contribution in [0.1, 0.15) is 44.4 Å². The van der Waals surface area contributed by atoms with Crippen molar-refractivity contribution in [3.8, 4) is 5.69 Å². The van der Waals surface area contributed by atoms with Gasteiger partial charge in [0.05, 0.1) is 18.2 Å². The maximum Gasteiger partial charge on any atom is 0.305 e. The number of anilines is 1. The number of aromatic nitrogens is 2. The number of carboxylic acid groups (broad SMARTS) is 1. The molecule has 176 valence electrons. The Morgan fingerprint density at radius 3 is 2.14 bits per heavy atom. The highest BCUT2D eigenvalue weighted by Gasteiger charge is 2.23. The first-order valence-electron chi connectivity index (χ1n) is 11.0. The number of aliphatic carboxylic acids is 1. The van der Waals surface area contributed by atoms with E-state index in [4.69, 9.17) is 0 Å². The van der Waals surface area contributed by atoms with E-state index in [1.54, 1.807) is 48.5 Å². The van der Waals surface area contributed by atoms with Gasteiger partial charge in [-0.05, 0) is 36.8 Å². The Balaban J connectivity index is 1.64. The van der Waals surface area contributed by atoms with Crippen LogP contribution in [0.4, 0.5) is 5.82 Å². The van der Waals surface area contributed by atoms with Gasteiger partial charge < -0.3 is 15.7 Å². The maximum atomic E-state index is 13.1. The van der Waals surface area contributed by atoms with Gasteiger partial charge in [-0.1, -0.05) is 66.2 Å². The maximum absolute atomic E-state index is 13.1. The third-order valence-electron chi connectivity index (χ3n) is 5.38. The van der Waals surface area contributed by atoms with Crippen molar-refractivity contribution in [1.82, 2.24) is 15.1 Å². The highest BCUT2D eigenvalue weighted by atomic mass is 16.4. The van der Waals surface area contributed by atoms with Crippen molar-refractivity contribution >= 4 is 23.6 Å². The molecule has 1 heterocycles. The van der Waals surface area contributed by atoms with E-state index in [2.05, 4.69) is 15.7 Å². The molecule has 8 nitrogen and oxygen atoms in total. The third-order valence-corrected chi connectivity index (χ3v) is 5.38. The molecule has 4 aromatic rings. The second-order valence-corrected chi connectivity index (χ2v) is 8.02. The lowest BCUT2D eigenvalue weighted by Gasteiger charge is -2.17. The van der Waals surface area contributed by atoms with E-state index >= 15 is 0 Å². The highest BCUT2D eigenvalue weighted by Crippen LogP contribution is 2.21. The van der Waals surface area contributed by atoms with Crippen LogP contribution in [0.5, 0.6) is 0 Å². The summed E-state index contributed by atoms with van der Waals surface area (Å²) in [6.07, 6.45) is -0.286. The first kappa shape index (κ1) is 23.4. The predicted molar refractivity (Wildman–Crippen MR) is 132 cm³/mol. The van der Waals surface area contributed by atoms with Gasteiger partial charge >= 0.3 is 5.97 Å². The number of nitrogens with zero attached hydrogens (tertiary/aromatic N) is 2. The monoisotopic (exact) mass is 468 g/mol. The van der Waals surface area contributed by atoms with Crippen molar-refractivity contribution in [2.24, 2.45) is 0 Å². The molecule has 4 rings (SSSR count). The molecule has 0 saturated heterocycles. The van der Waals surface area contributed by atoms with Gasteiger partial charge in [-0.2, -0.15) is 5.10 Å². The van der Waals surface area contributed by atoms with E-state index in [0.717, 1.165) is 5.56 Å². The zero-order valence-electron chi connectivity index (χ0n) is 19.0. The summed E-state index contributed by atoms with van der Waals surface area (Å²) in [4.78, 5) is 37.4. The molecule has 0 saturated carbocycles. The lowest BCUT2D eigenvalue weighted by molar-refractivity contribution is -0.137. The summed E-state index contributed by atoms with van der Waals surface area (Å²) in [6, 6.07) is 25.8. The van der Waals surface area contributed by atoms with Gasteiger partial charge in [-0.15, -0.1) is 0 Å². The van der Waals surface area contributed by atoms with Crippen LogP contribution in [0.3, 0.4) is 0 Å². The number of nitrogens with one attached hydrogen (secondary N) is 2. The van der Waals surface area contributed by atoms with E-state index < -0.39 is 17.9 Å². The van der Waals surface area contributed by atoms with Crippen LogP contribution >= 0.6 is 0 Å². The summed E-state index contributed by atoms with van der Waals surface area (Å²) < 4.78 is 1.47. The fourth-order valence-electron chi connectivity index (χ4n) is 3.58. The number of hydrogen-bond donors (Lipinski definition) is 3. The molecular weight excluding hydrogens is 444 g/mol. The molecule has 2 amide bonds. The van der Waals surface area contributed by atoms with E-state index in [9.17, 15) is 19.5 Å². The largest absolute Gasteiger partial charge is 0.481 e. The number of hydrogen-bond acceptors (Lipinski definition) is 4. The van der Waals surface area contributed by atoms with Crippen molar-refractivity contribution in [3.05, 3.63) is 113 Å². The molecule has 0 aliphatic carbocycles. The van der Waals surface area contributed by atoms with Crippen LogP contribution in [0.25, 0.3) is 5.69 Å². The van der Waals surface area contributed by atoms with Crippen LogP contribution in [0.2, 0.25) is 0 Å². The summed E-state index contributed by atoms with van der Waals surface area (Å²) in [5, 5.41) is 19.4. The Kier molecular flexibility index (Phi) is 7.02. The Labute approximate surface area is 202 Å². The van der Waals surface area contributed by atoms with E-state index in [1.807, 2.05) is 43.3 Å². The molecule has 0 radical (unpaired) electrons. The van der Waals surface area contributed by atoms with Crippen LogP contribution < -0.4 is 10.6 Å². The Bertz CT molecular complexity index is 1330. The Morgan fingerprint density at radius 1 is 0.886 bits per heavy atom. The average Bonchev–Trinajstić information content (AvgIpc) is 3.29. The first-order valence-corrected chi connectivity index (χ1v) is 11.0. The number of amides is 2. The summed E-state index contributed by atoms with van der Waals surface area (Å²) in [5.74, 6) is -1.64. The summed E-state index contributed by atoms with van der Waals surface area (Å²) >= 11 is 0. The average molecular weight is 469 g/mol. The van der Waals surface area contributed by atoms with Crippen molar-refractivity contribution in [3.63, 3.8) is 0 Å². The van der Waals surface area contributed by atoms with Gasteiger partial charge in [0.1, 0.15) is 5.82 Å². The van der Waals surface area contributed by atoms with Crippen molar-refractivity contribution in [2.45, 2.75) is 19.4 Å². The molecule has 0 aliphatic rings. The van der Waals surface area contributed by atoms with E-state index in [1.165, 1.54) is 10.7 Å². The number of rotatable bonds is 8. The standard InChI is InChI=1S/C27H24N4O4/c1-18-12-14-19(15-13-18)22(17-25(32)33)28-27(35)23-16-24(29-26(34)20-8-4-2-5-9-20)31(30-23)21-10-6-3-7-11-21/h2-16,22H,17H2,1H3,(H,28,35)(H,29,34)(H,32,33). The van der Waals surface area contributed by atoms with Gasteiger partial charge in [0.15, 0.2) is 5.69 Å².